The van der Waals surface area contributed by atoms with Crippen molar-refractivity contribution in [3.8, 4) is 5.75 Å². The number of ether oxygens (including phenoxy) is 1. The lowest BCUT2D eigenvalue weighted by molar-refractivity contribution is -0.139. The van der Waals surface area contributed by atoms with Crippen LogP contribution >= 0.6 is 46.6 Å². The summed E-state index contributed by atoms with van der Waals surface area (Å²) in [6, 6.07) is 20.4. The fourth-order valence-electron chi connectivity index (χ4n) is 2.77. The molecule has 0 bridgehead atoms. The number of rotatable bonds is 8. The predicted octanol–water partition coefficient (Wildman–Crippen LogP) is 7.33. The molecule has 154 valence electrons. The second-order valence-electron chi connectivity index (χ2n) is 6.16. The molecule has 0 saturated carbocycles. The lowest BCUT2D eigenvalue weighted by Gasteiger charge is -2.13. The Balaban J connectivity index is 1.83. The van der Waals surface area contributed by atoms with Crippen molar-refractivity contribution in [1.82, 2.24) is 0 Å². The summed E-state index contributed by atoms with van der Waals surface area (Å²) in [5.41, 5.74) is 2.74. The zero-order chi connectivity index (χ0) is 21.5. The minimum absolute atomic E-state index is 0.412. The highest BCUT2D eigenvalue weighted by Gasteiger charge is 2.12. The summed E-state index contributed by atoms with van der Waals surface area (Å²) >= 11 is 20.8. The number of carboxylic acids is 1. The molecule has 0 saturated heterocycles. The highest BCUT2D eigenvalue weighted by molar-refractivity contribution is 7.99. The summed E-state index contributed by atoms with van der Waals surface area (Å²) in [4.78, 5) is 11.5. The number of carbonyl (C=O) groups is 1. The number of carboxylic acid groups (broad SMARTS) is 1. The van der Waals surface area contributed by atoms with E-state index in [1.165, 1.54) is 0 Å². The van der Waals surface area contributed by atoms with Crippen LogP contribution in [0, 0.1) is 0 Å². The maximum atomic E-state index is 10.6. The Morgan fingerprint density at radius 3 is 2.03 bits per heavy atom. The van der Waals surface area contributed by atoms with E-state index in [-0.39, 0.29) is 0 Å². The van der Waals surface area contributed by atoms with E-state index in [2.05, 4.69) is 6.08 Å². The van der Waals surface area contributed by atoms with Crippen LogP contribution in [-0.2, 0) is 4.79 Å². The Morgan fingerprint density at radius 2 is 1.50 bits per heavy atom. The van der Waals surface area contributed by atoms with Gasteiger partial charge in [0, 0.05) is 31.8 Å². The van der Waals surface area contributed by atoms with E-state index < -0.39 is 12.6 Å². The topological polar surface area (TPSA) is 46.5 Å². The summed E-state index contributed by atoms with van der Waals surface area (Å²) in [5, 5.41) is 10.5. The molecule has 0 spiro atoms. The van der Waals surface area contributed by atoms with Crippen LogP contribution in [0.3, 0.4) is 0 Å². The third kappa shape index (κ3) is 5.96. The molecule has 0 aromatic heterocycles. The molecule has 0 atom stereocenters. The zero-order valence-electron chi connectivity index (χ0n) is 15.6. The predicted molar refractivity (Wildman–Crippen MR) is 125 cm³/mol. The molecular formula is C23H17Cl3O3S. The number of aliphatic carboxylic acids is 1. The largest absolute Gasteiger partial charge is 0.482 e. The first-order valence-electron chi connectivity index (χ1n) is 8.92. The van der Waals surface area contributed by atoms with Gasteiger partial charge in [-0.1, -0.05) is 77.3 Å². The molecule has 30 heavy (non-hydrogen) atoms. The minimum atomic E-state index is -1.04. The molecule has 0 amide bonds. The van der Waals surface area contributed by atoms with E-state index in [9.17, 15) is 4.79 Å². The first kappa shape index (κ1) is 22.6. The number of thioether (sulfide) groups is 1. The highest BCUT2D eigenvalue weighted by atomic mass is 35.5. The van der Waals surface area contributed by atoms with Gasteiger partial charge in [0.1, 0.15) is 5.75 Å². The number of halogens is 3. The number of hydrogen-bond donors (Lipinski definition) is 1. The first-order chi connectivity index (χ1) is 14.5. The average molecular weight is 480 g/mol. The Hall–Kier alpha value is -2.11. The minimum Gasteiger partial charge on any atom is -0.482 e. The van der Waals surface area contributed by atoms with E-state index in [1.54, 1.807) is 23.9 Å². The summed E-state index contributed by atoms with van der Waals surface area (Å²) in [6.07, 6.45) is 2.07. The van der Waals surface area contributed by atoms with E-state index in [0.717, 1.165) is 21.6 Å². The van der Waals surface area contributed by atoms with Gasteiger partial charge in [0.15, 0.2) is 6.61 Å². The molecule has 0 aliphatic heterocycles. The van der Waals surface area contributed by atoms with E-state index in [4.69, 9.17) is 44.6 Å². The standard InChI is InChI=1S/C23H17Cl3O3S/c24-19-7-3-1-5-17(19)16(18-6-2-4-8-20(18)25)11-12-30-22-10-9-15(13-21(22)26)29-14-23(27)28/h1-11,13H,12,14H2,(H,27,28). The first-order valence-corrected chi connectivity index (χ1v) is 11.0. The molecule has 0 unspecified atom stereocenters. The van der Waals surface area contributed by atoms with Gasteiger partial charge in [-0.15, -0.1) is 11.8 Å². The molecule has 3 nitrogen and oxygen atoms in total. The summed E-state index contributed by atoms with van der Waals surface area (Å²) < 4.78 is 5.15. The molecule has 3 aromatic rings. The van der Waals surface area contributed by atoms with Crippen LogP contribution in [0.4, 0.5) is 0 Å². The quantitative estimate of drug-likeness (QED) is 0.343. The van der Waals surface area contributed by atoms with E-state index in [0.29, 0.717) is 26.6 Å². The monoisotopic (exact) mass is 478 g/mol. The third-order valence-corrected chi connectivity index (χ3v) is 6.20. The van der Waals surface area contributed by atoms with Crippen LogP contribution in [0.5, 0.6) is 5.75 Å². The zero-order valence-corrected chi connectivity index (χ0v) is 18.7. The molecule has 0 fully saturated rings. The lowest BCUT2D eigenvalue weighted by atomic mass is 9.98. The van der Waals surface area contributed by atoms with Crippen LogP contribution in [0.15, 0.2) is 77.7 Å². The maximum absolute atomic E-state index is 10.6. The molecule has 0 aliphatic rings. The summed E-state index contributed by atoms with van der Waals surface area (Å²) in [6.45, 7) is -0.412. The third-order valence-electron chi connectivity index (χ3n) is 4.12. The van der Waals surface area contributed by atoms with Crippen molar-refractivity contribution in [2.45, 2.75) is 4.90 Å². The maximum Gasteiger partial charge on any atom is 0.341 e. The number of hydrogen-bond acceptors (Lipinski definition) is 3. The van der Waals surface area contributed by atoms with Gasteiger partial charge in [0.2, 0.25) is 0 Å². The van der Waals surface area contributed by atoms with Crippen molar-refractivity contribution < 1.29 is 14.6 Å². The fourth-order valence-corrected chi connectivity index (χ4v) is 4.37. The smallest absolute Gasteiger partial charge is 0.341 e. The second-order valence-corrected chi connectivity index (χ2v) is 8.45. The van der Waals surface area contributed by atoms with Gasteiger partial charge in [0.05, 0.1) is 5.02 Å². The molecular weight excluding hydrogens is 463 g/mol. The van der Waals surface area contributed by atoms with Gasteiger partial charge < -0.3 is 9.84 Å². The van der Waals surface area contributed by atoms with Crippen LogP contribution in [0.2, 0.25) is 15.1 Å². The molecule has 7 heteroatoms. The Morgan fingerprint density at radius 1 is 0.900 bits per heavy atom. The van der Waals surface area contributed by atoms with Crippen molar-refractivity contribution in [1.29, 1.82) is 0 Å². The van der Waals surface area contributed by atoms with E-state index >= 15 is 0 Å². The van der Waals surface area contributed by atoms with Crippen molar-refractivity contribution in [3.05, 3.63) is 99.0 Å². The Bertz CT molecular complexity index is 1040. The fraction of sp³-hybridized carbons (Fsp3) is 0.0870. The van der Waals surface area contributed by atoms with Crippen LogP contribution in [0.25, 0.3) is 5.57 Å². The average Bonchev–Trinajstić information content (AvgIpc) is 2.72. The van der Waals surface area contributed by atoms with Crippen molar-refractivity contribution in [2.75, 3.05) is 12.4 Å². The molecule has 1 N–H and O–H groups in total. The molecule has 0 heterocycles. The Labute approximate surface area is 194 Å². The Kier molecular flexibility index (Phi) is 8.11. The molecule has 3 aromatic carbocycles. The van der Waals surface area contributed by atoms with Gasteiger partial charge in [-0.3, -0.25) is 0 Å². The normalized spacial score (nSPS) is 10.5. The molecule has 0 aliphatic carbocycles. The van der Waals surface area contributed by atoms with Crippen molar-refractivity contribution in [3.63, 3.8) is 0 Å². The van der Waals surface area contributed by atoms with Gasteiger partial charge in [-0.05, 0) is 35.9 Å². The SMILES string of the molecule is O=C(O)COc1ccc(SCC=C(c2ccccc2Cl)c2ccccc2Cl)c(Cl)c1. The molecule has 0 radical (unpaired) electrons. The van der Waals surface area contributed by atoms with Crippen molar-refractivity contribution in [2.24, 2.45) is 0 Å². The lowest BCUT2D eigenvalue weighted by Crippen LogP contribution is -2.09. The summed E-state index contributed by atoms with van der Waals surface area (Å²) in [7, 11) is 0. The van der Waals surface area contributed by atoms with Crippen LogP contribution in [-0.4, -0.2) is 23.4 Å². The van der Waals surface area contributed by atoms with Gasteiger partial charge in [-0.2, -0.15) is 0 Å². The van der Waals surface area contributed by atoms with Crippen LogP contribution in [0.1, 0.15) is 11.1 Å². The highest BCUT2D eigenvalue weighted by Crippen LogP contribution is 2.35. The molecule has 3 rings (SSSR count). The van der Waals surface area contributed by atoms with Crippen molar-refractivity contribution >= 4 is 58.1 Å². The second kappa shape index (κ2) is 10.8. The van der Waals surface area contributed by atoms with Crippen LogP contribution < -0.4 is 4.74 Å². The van der Waals surface area contributed by atoms with E-state index in [1.807, 2.05) is 54.6 Å². The summed E-state index contributed by atoms with van der Waals surface area (Å²) in [5.74, 6) is -0.00242. The number of benzene rings is 3. The van der Waals surface area contributed by atoms with Gasteiger partial charge in [-0.25, -0.2) is 4.79 Å². The van der Waals surface area contributed by atoms with Gasteiger partial charge in [0.25, 0.3) is 0 Å². The van der Waals surface area contributed by atoms with Gasteiger partial charge >= 0.3 is 5.97 Å².